The van der Waals surface area contributed by atoms with E-state index in [0.29, 0.717) is 18.5 Å². The van der Waals surface area contributed by atoms with E-state index in [1.165, 1.54) is 11.6 Å². The van der Waals surface area contributed by atoms with Crippen LogP contribution in [0.3, 0.4) is 0 Å². The Hall–Kier alpha value is -2.18. The fourth-order valence-corrected chi connectivity index (χ4v) is 1.72. The number of carbonyl (C=O) groups excluding carboxylic acids is 1. The van der Waals surface area contributed by atoms with E-state index in [1.54, 1.807) is 6.20 Å². The molecule has 0 amide bonds. The minimum absolute atomic E-state index is 0.0437. The molecule has 0 saturated carbocycles. The van der Waals surface area contributed by atoms with Crippen molar-refractivity contribution in [3.8, 4) is 0 Å². The number of benzene rings is 1. The van der Waals surface area contributed by atoms with Crippen LogP contribution in [0.15, 0.2) is 18.3 Å². The van der Waals surface area contributed by atoms with Gasteiger partial charge in [0.25, 0.3) is 0 Å². The maximum atomic E-state index is 13.1. The summed E-state index contributed by atoms with van der Waals surface area (Å²) < 4.78 is 40.3. The molecule has 2 rings (SSSR count). The number of aryl methyl sites for hydroxylation is 1. The predicted molar refractivity (Wildman–Crippen MR) is 64.4 cm³/mol. The van der Waals surface area contributed by atoms with Gasteiger partial charge < -0.3 is 4.79 Å². The Morgan fingerprint density at radius 2 is 1.90 bits per heavy atom. The van der Waals surface area contributed by atoms with Crippen molar-refractivity contribution in [3.05, 3.63) is 47.0 Å². The minimum Gasteiger partial charge on any atom is -0.300 e. The van der Waals surface area contributed by atoms with Gasteiger partial charge in [-0.2, -0.15) is 0 Å². The summed E-state index contributed by atoms with van der Waals surface area (Å²) in [5.41, 5.74) is 0.854. The number of Topliss-reactive ketones (excluding diaryl/α,β-unsaturated/α-hetero) is 1. The van der Waals surface area contributed by atoms with E-state index >= 15 is 0 Å². The number of hydrogen-bond donors (Lipinski definition) is 0. The summed E-state index contributed by atoms with van der Waals surface area (Å²) in [6, 6.07) is 1.82. The Balaban J connectivity index is 2.09. The first kappa shape index (κ1) is 14.2. The molecule has 20 heavy (non-hydrogen) atoms. The van der Waals surface area contributed by atoms with E-state index in [0.717, 1.165) is 12.1 Å². The lowest BCUT2D eigenvalue weighted by Crippen LogP contribution is -2.03. The number of rotatable bonds is 5. The number of aromatic nitrogens is 3. The lowest BCUT2D eigenvalue weighted by Gasteiger charge is -2.02. The van der Waals surface area contributed by atoms with Crippen LogP contribution in [0, 0.1) is 17.5 Å². The zero-order valence-corrected chi connectivity index (χ0v) is 10.7. The summed E-state index contributed by atoms with van der Waals surface area (Å²) in [6.45, 7) is 1.55. The highest BCUT2D eigenvalue weighted by Gasteiger charge is 2.11. The van der Waals surface area contributed by atoms with E-state index in [2.05, 4.69) is 10.3 Å². The molecule has 0 N–H and O–H groups in total. The van der Waals surface area contributed by atoms with Crippen LogP contribution in [-0.4, -0.2) is 20.8 Å². The van der Waals surface area contributed by atoms with Gasteiger partial charge >= 0.3 is 0 Å². The molecule has 1 heterocycles. The average Bonchev–Trinajstić information content (AvgIpc) is 2.81. The van der Waals surface area contributed by atoms with Crippen LogP contribution in [0.4, 0.5) is 13.2 Å². The molecule has 2 aromatic rings. The maximum absolute atomic E-state index is 13.1. The molecule has 0 saturated heterocycles. The second-order valence-electron chi connectivity index (χ2n) is 4.48. The molecular weight excluding hydrogens is 271 g/mol. The smallest absolute Gasteiger partial charge is 0.194 e. The fraction of sp³-hybridized carbons (Fsp3) is 0.308. The Morgan fingerprint density at radius 3 is 2.50 bits per heavy atom. The van der Waals surface area contributed by atoms with E-state index in [9.17, 15) is 18.0 Å². The molecule has 0 aliphatic rings. The first-order chi connectivity index (χ1) is 9.45. The first-order valence-electron chi connectivity index (χ1n) is 5.97. The normalized spacial score (nSPS) is 10.8. The van der Waals surface area contributed by atoms with Crippen molar-refractivity contribution in [1.82, 2.24) is 15.0 Å². The van der Waals surface area contributed by atoms with Gasteiger partial charge in [-0.05, 0) is 31.0 Å². The van der Waals surface area contributed by atoms with Gasteiger partial charge in [-0.25, -0.2) is 17.9 Å². The van der Waals surface area contributed by atoms with Crippen LogP contribution in [-0.2, 0) is 17.8 Å². The van der Waals surface area contributed by atoms with Crippen LogP contribution in [0.5, 0.6) is 0 Å². The van der Waals surface area contributed by atoms with Gasteiger partial charge in [-0.15, -0.1) is 5.10 Å². The summed E-state index contributed by atoms with van der Waals surface area (Å²) >= 11 is 0. The molecule has 1 aromatic heterocycles. The molecule has 0 atom stereocenters. The van der Waals surface area contributed by atoms with Gasteiger partial charge in [0.2, 0.25) is 0 Å². The highest BCUT2D eigenvalue weighted by molar-refractivity contribution is 5.75. The third-order valence-corrected chi connectivity index (χ3v) is 2.71. The van der Waals surface area contributed by atoms with Crippen LogP contribution in [0.1, 0.15) is 24.6 Å². The van der Waals surface area contributed by atoms with E-state index in [-0.39, 0.29) is 17.9 Å². The van der Waals surface area contributed by atoms with Crippen LogP contribution < -0.4 is 0 Å². The zero-order valence-electron chi connectivity index (χ0n) is 10.7. The number of nitrogens with zero attached hydrogens (tertiary/aromatic N) is 3. The maximum Gasteiger partial charge on any atom is 0.194 e. The third kappa shape index (κ3) is 3.43. The van der Waals surface area contributed by atoms with Gasteiger partial charge in [-0.1, -0.05) is 5.21 Å². The van der Waals surface area contributed by atoms with Crippen molar-refractivity contribution in [3.63, 3.8) is 0 Å². The minimum atomic E-state index is -1.49. The van der Waals surface area contributed by atoms with E-state index in [1.807, 2.05) is 0 Å². The van der Waals surface area contributed by atoms with Crippen LogP contribution in [0.2, 0.25) is 0 Å². The third-order valence-electron chi connectivity index (χ3n) is 2.71. The van der Waals surface area contributed by atoms with Gasteiger partial charge in [0.05, 0.1) is 12.2 Å². The lowest BCUT2D eigenvalue weighted by atomic mass is 10.2. The summed E-state index contributed by atoms with van der Waals surface area (Å²) in [6.07, 6.45) is 2.40. The number of hydrogen-bond acceptors (Lipinski definition) is 3. The average molecular weight is 283 g/mol. The van der Waals surface area contributed by atoms with E-state index in [4.69, 9.17) is 0 Å². The topological polar surface area (TPSA) is 47.8 Å². The second kappa shape index (κ2) is 5.85. The highest BCUT2D eigenvalue weighted by Crippen LogP contribution is 2.14. The molecule has 0 spiro atoms. The Bertz CT molecular complexity index is 617. The van der Waals surface area contributed by atoms with Gasteiger partial charge in [-0.3, -0.25) is 0 Å². The molecule has 0 aliphatic heterocycles. The van der Waals surface area contributed by atoms with Gasteiger partial charge in [0.15, 0.2) is 17.5 Å². The van der Waals surface area contributed by atoms with Gasteiger partial charge in [0.1, 0.15) is 5.78 Å². The van der Waals surface area contributed by atoms with Crippen LogP contribution >= 0.6 is 0 Å². The zero-order chi connectivity index (χ0) is 14.7. The number of carbonyl (C=O) groups is 1. The molecule has 106 valence electrons. The van der Waals surface area contributed by atoms with Crippen molar-refractivity contribution < 1.29 is 18.0 Å². The fourth-order valence-electron chi connectivity index (χ4n) is 1.72. The van der Waals surface area contributed by atoms with Crippen molar-refractivity contribution in [2.75, 3.05) is 0 Å². The summed E-state index contributed by atoms with van der Waals surface area (Å²) in [7, 11) is 0. The quantitative estimate of drug-likeness (QED) is 0.791. The molecule has 0 bridgehead atoms. The molecular formula is C13H12F3N3O. The second-order valence-corrected chi connectivity index (χ2v) is 4.48. The highest BCUT2D eigenvalue weighted by atomic mass is 19.2. The van der Waals surface area contributed by atoms with Crippen LogP contribution in [0.25, 0.3) is 0 Å². The summed E-state index contributed by atoms with van der Waals surface area (Å²) in [4.78, 5) is 10.8. The summed E-state index contributed by atoms with van der Waals surface area (Å²) in [5.74, 6) is -3.93. The lowest BCUT2D eigenvalue weighted by molar-refractivity contribution is -0.116. The van der Waals surface area contributed by atoms with Crippen molar-refractivity contribution in [2.24, 2.45) is 0 Å². The number of halogens is 3. The standard InChI is InChI=1S/C13H12F3N3O/c1-8(20)2-3-10-7-19(18-17-10)6-9-4-11(14)13(16)12(15)5-9/h4-5,7H,2-3,6H2,1H3. The number of ketones is 1. The molecule has 7 heteroatoms. The Morgan fingerprint density at radius 1 is 1.25 bits per heavy atom. The molecule has 0 fully saturated rings. The van der Waals surface area contributed by atoms with Crippen molar-refractivity contribution in [1.29, 1.82) is 0 Å². The SMILES string of the molecule is CC(=O)CCc1cn(Cc2cc(F)c(F)c(F)c2)nn1. The van der Waals surface area contributed by atoms with Gasteiger partial charge in [0, 0.05) is 12.6 Å². The molecule has 1 aromatic carbocycles. The van der Waals surface area contributed by atoms with Crippen molar-refractivity contribution >= 4 is 5.78 Å². The predicted octanol–water partition coefficient (Wildman–Crippen LogP) is 2.27. The summed E-state index contributed by atoms with van der Waals surface area (Å²) in [5, 5.41) is 7.63. The molecule has 0 unspecified atom stereocenters. The largest absolute Gasteiger partial charge is 0.300 e. The monoisotopic (exact) mass is 283 g/mol. The Kier molecular flexibility index (Phi) is 4.16. The van der Waals surface area contributed by atoms with E-state index < -0.39 is 17.5 Å². The Labute approximate surface area is 113 Å². The first-order valence-corrected chi connectivity index (χ1v) is 5.97. The molecule has 0 radical (unpaired) electrons. The molecule has 0 aliphatic carbocycles. The van der Waals surface area contributed by atoms with Crippen molar-refractivity contribution in [2.45, 2.75) is 26.3 Å². The molecule has 4 nitrogen and oxygen atoms in total.